The van der Waals surface area contributed by atoms with E-state index >= 15 is 0 Å². The van der Waals surface area contributed by atoms with Crippen LogP contribution in [0.1, 0.15) is 23.9 Å². The molecule has 0 saturated carbocycles. The number of benzene rings is 1. The number of nitrogens with zero attached hydrogens (tertiary/aromatic N) is 2. The largest absolute Gasteiger partial charge is 0.379 e. The molecule has 1 N–H and O–H groups in total. The van der Waals surface area contributed by atoms with E-state index in [0.29, 0.717) is 0 Å². The predicted octanol–water partition coefficient (Wildman–Crippen LogP) is 3.89. The molecule has 0 bridgehead atoms. The van der Waals surface area contributed by atoms with Crippen molar-refractivity contribution in [3.8, 4) is 0 Å². The van der Waals surface area contributed by atoms with E-state index in [2.05, 4.69) is 58.4 Å². The number of hydrogen-bond acceptors (Lipinski definition) is 2. The fourth-order valence-corrected chi connectivity index (χ4v) is 2.37. The van der Waals surface area contributed by atoms with Crippen LogP contribution >= 0.6 is 15.9 Å². The van der Waals surface area contributed by atoms with Crippen molar-refractivity contribution in [1.29, 1.82) is 0 Å². The number of rotatable bonds is 4. The summed E-state index contributed by atoms with van der Waals surface area (Å²) in [6.45, 7) is 7.95. The standard InChI is InChI=1S/C14H18BrN3/c1-4-18-12(8-10(2)17-18)9-16-14-7-5-6-13(15)11(14)3/h5-8,16H,4,9H2,1-3H3. The Morgan fingerprint density at radius 2 is 2.11 bits per heavy atom. The molecule has 0 spiro atoms. The minimum absolute atomic E-state index is 0.798. The van der Waals surface area contributed by atoms with Crippen LogP contribution in [-0.2, 0) is 13.1 Å². The van der Waals surface area contributed by atoms with Crippen LogP contribution in [0.2, 0.25) is 0 Å². The van der Waals surface area contributed by atoms with Gasteiger partial charge >= 0.3 is 0 Å². The zero-order chi connectivity index (χ0) is 13.1. The molecule has 0 saturated heterocycles. The molecule has 1 aromatic carbocycles. The third-order valence-corrected chi connectivity index (χ3v) is 3.87. The van der Waals surface area contributed by atoms with Gasteiger partial charge in [0.05, 0.1) is 17.9 Å². The first kappa shape index (κ1) is 13.1. The second kappa shape index (κ2) is 5.57. The van der Waals surface area contributed by atoms with Gasteiger partial charge in [0.25, 0.3) is 0 Å². The van der Waals surface area contributed by atoms with Crippen molar-refractivity contribution in [3.05, 3.63) is 45.7 Å². The molecule has 0 aliphatic rings. The van der Waals surface area contributed by atoms with Gasteiger partial charge in [-0.2, -0.15) is 5.10 Å². The van der Waals surface area contributed by atoms with E-state index in [1.165, 1.54) is 11.3 Å². The van der Waals surface area contributed by atoms with Crippen LogP contribution in [0.4, 0.5) is 5.69 Å². The summed E-state index contributed by atoms with van der Waals surface area (Å²) in [6, 6.07) is 8.33. The van der Waals surface area contributed by atoms with Crippen LogP contribution in [0, 0.1) is 13.8 Å². The minimum Gasteiger partial charge on any atom is -0.379 e. The number of halogens is 1. The zero-order valence-electron chi connectivity index (χ0n) is 11.0. The number of aromatic nitrogens is 2. The van der Waals surface area contributed by atoms with Crippen LogP contribution in [0.5, 0.6) is 0 Å². The van der Waals surface area contributed by atoms with Gasteiger partial charge in [-0.3, -0.25) is 4.68 Å². The Kier molecular flexibility index (Phi) is 4.07. The number of anilines is 1. The van der Waals surface area contributed by atoms with Crippen molar-refractivity contribution in [2.75, 3.05) is 5.32 Å². The minimum atomic E-state index is 0.798. The second-order valence-corrected chi connectivity index (χ2v) is 5.21. The van der Waals surface area contributed by atoms with Crippen LogP contribution in [0.3, 0.4) is 0 Å². The van der Waals surface area contributed by atoms with Crippen molar-refractivity contribution in [2.24, 2.45) is 0 Å². The average Bonchev–Trinajstić information content (AvgIpc) is 2.71. The monoisotopic (exact) mass is 307 g/mol. The lowest BCUT2D eigenvalue weighted by atomic mass is 10.2. The Hall–Kier alpha value is -1.29. The zero-order valence-corrected chi connectivity index (χ0v) is 12.6. The molecule has 0 aliphatic heterocycles. The molecule has 3 nitrogen and oxygen atoms in total. The normalized spacial score (nSPS) is 10.7. The summed E-state index contributed by atoms with van der Waals surface area (Å²) in [5.41, 5.74) is 4.68. The summed E-state index contributed by atoms with van der Waals surface area (Å²) in [4.78, 5) is 0. The van der Waals surface area contributed by atoms with E-state index in [1.807, 2.05) is 17.7 Å². The van der Waals surface area contributed by atoms with Crippen molar-refractivity contribution in [1.82, 2.24) is 9.78 Å². The average molecular weight is 308 g/mol. The fourth-order valence-electron chi connectivity index (χ4n) is 2.00. The molecule has 1 aromatic heterocycles. The molecule has 0 aliphatic carbocycles. The van der Waals surface area contributed by atoms with Gasteiger partial charge < -0.3 is 5.32 Å². The van der Waals surface area contributed by atoms with E-state index in [1.54, 1.807) is 0 Å². The third-order valence-electron chi connectivity index (χ3n) is 3.01. The van der Waals surface area contributed by atoms with Crippen LogP contribution in [0.15, 0.2) is 28.7 Å². The highest BCUT2D eigenvalue weighted by Crippen LogP contribution is 2.23. The van der Waals surface area contributed by atoms with Crippen LogP contribution < -0.4 is 5.32 Å². The molecule has 18 heavy (non-hydrogen) atoms. The Morgan fingerprint density at radius 1 is 1.33 bits per heavy atom. The van der Waals surface area contributed by atoms with Gasteiger partial charge in [0.1, 0.15) is 0 Å². The Balaban J connectivity index is 2.13. The fraction of sp³-hybridized carbons (Fsp3) is 0.357. The first-order chi connectivity index (χ1) is 8.61. The molecule has 2 aromatic rings. The lowest BCUT2D eigenvalue weighted by Gasteiger charge is -2.11. The van der Waals surface area contributed by atoms with E-state index in [-0.39, 0.29) is 0 Å². The smallest absolute Gasteiger partial charge is 0.0597 e. The maximum atomic E-state index is 4.45. The van der Waals surface area contributed by atoms with E-state index in [0.717, 1.165) is 28.9 Å². The SMILES string of the molecule is CCn1nc(C)cc1CNc1cccc(Br)c1C. The maximum Gasteiger partial charge on any atom is 0.0597 e. The lowest BCUT2D eigenvalue weighted by molar-refractivity contribution is 0.623. The number of aryl methyl sites for hydroxylation is 2. The van der Waals surface area contributed by atoms with Gasteiger partial charge in [0, 0.05) is 16.7 Å². The van der Waals surface area contributed by atoms with Crippen molar-refractivity contribution < 1.29 is 0 Å². The second-order valence-electron chi connectivity index (χ2n) is 4.36. The molecule has 2 rings (SSSR count). The van der Waals surface area contributed by atoms with Crippen molar-refractivity contribution in [2.45, 2.75) is 33.9 Å². The highest BCUT2D eigenvalue weighted by molar-refractivity contribution is 9.10. The van der Waals surface area contributed by atoms with Crippen LogP contribution in [0.25, 0.3) is 0 Å². The van der Waals surface area contributed by atoms with Crippen LogP contribution in [-0.4, -0.2) is 9.78 Å². The third kappa shape index (κ3) is 2.75. The molecule has 96 valence electrons. The molecular weight excluding hydrogens is 290 g/mol. The topological polar surface area (TPSA) is 29.9 Å². The Morgan fingerprint density at radius 3 is 2.83 bits per heavy atom. The molecule has 0 radical (unpaired) electrons. The van der Waals surface area contributed by atoms with Gasteiger partial charge in [-0.15, -0.1) is 0 Å². The van der Waals surface area contributed by atoms with Gasteiger partial charge in [0.15, 0.2) is 0 Å². The molecule has 0 atom stereocenters. The summed E-state index contributed by atoms with van der Waals surface area (Å²) in [7, 11) is 0. The van der Waals surface area contributed by atoms with Gasteiger partial charge in [-0.25, -0.2) is 0 Å². The predicted molar refractivity (Wildman–Crippen MR) is 78.8 cm³/mol. The molecule has 0 amide bonds. The van der Waals surface area contributed by atoms with Gasteiger partial charge in [-0.05, 0) is 44.5 Å². The van der Waals surface area contributed by atoms with Gasteiger partial charge in [0.2, 0.25) is 0 Å². The first-order valence-corrected chi connectivity index (χ1v) is 6.93. The summed E-state index contributed by atoms with van der Waals surface area (Å²) in [5.74, 6) is 0. The van der Waals surface area contributed by atoms with E-state index < -0.39 is 0 Å². The molecular formula is C14H18BrN3. The molecule has 0 unspecified atom stereocenters. The number of hydrogen-bond donors (Lipinski definition) is 1. The Labute approximate surface area is 116 Å². The molecule has 4 heteroatoms. The molecule has 0 fully saturated rings. The van der Waals surface area contributed by atoms with E-state index in [9.17, 15) is 0 Å². The van der Waals surface area contributed by atoms with Gasteiger partial charge in [-0.1, -0.05) is 22.0 Å². The summed E-state index contributed by atoms with van der Waals surface area (Å²) in [5, 5.41) is 7.92. The summed E-state index contributed by atoms with van der Waals surface area (Å²) in [6.07, 6.45) is 0. The Bertz CT molecular complexity index is 546. The van der Waals surface area contributed by atoms with E-state index in [4.69, 9.17) is 0 Å². The highest BCUT2D eigenvalue weighted by Gasteiger charge is 2.05. The van der Waals surface area contributed by atoms with Crippen molar-refractivity contribution >= 4 is 21.6 Å². The number of nitrogens with one attached hydrogen (secondary N) is 1. The maximum absolute atomic E-state index is 4.45. The highest BCUT2D eigenvalue weighted by atomic mass is 79.9. The quantitative estimate of drug-likeness (QED) is 0.928. The summed E-state index contributed by atoms with van der Waals surface area (Å²) < 4.78 is 3.17. The van der Waals surface area contributed by atoms with Crippen molar-refractivity contribution in [3.63, 3.8) is 0 Å². The molecule has 1 heterocycles. The summed E-state index contributed by atoms with van der Waals surface area (Å²) >= 11 is 3.55. The lowest BCUT2D eigenvalue weighted by Crippen LogP contribution is -2.08. The first-order valence-electron chi connectivity index (χ1n) is 6.14.